The first kappa shape index (κ1) is 18.9. The second-order valence-corrected chi connectivity index (χ2v) is 8.01. The molecule has 4 unspecified atom stereocenters. The van der Waals surface area contributed by atoms with Crippen molar-refractivity contribution in [2.45, 2.75) is 50.4 Å². The lowest BCUT2D eigenvalue weighted by molar-refractivity contribution is -0.0231. The standard InChI is InChI=1S/C23H27NO2.ClH/c1-16-7-2-4-11-19(16)21-14-24(23-22(21)25-15-26-23)13-18-10-6-9-17-8-3-5-12-20(17)18;/h2-5,7-8,11-12,18,21-23H,6,9-10,13-15H2,1H3;1H. The van der Waals surface area contributed by atoms with Crippen LogP contribution in [-0.4, -0.2) is 37.1 Å². The molecule has 0 saturated carbocycles. The zero-order valence-corrected chi connectivity index (χ0v) is 16.7. The fourth-order valence-electron chi connectivity index (χ4n) is 5.24. The van der Waals surface area contributed by atoms with Gasteiger partial charge in [-0.1, -0.05) is 48.5 Å². The molecule has 5 rings (SSSR count). The van der Waals surface area contributed by atoms with Gasteiger partial charge >= 0.3 is 0 Å². The van der Waals surface area contributed by atoms with Crippen LogP contribution >= 0.6 is 12.4 Å². The molecule has 2 aromatic rings. The molecule has 0 aromatic heterocycles. The van der Waals surface area contributed by atoms with Gasteiger partial charge in [0.2, 0.25) is 0 Å². The molecular weight excluding hydrogens is 358 g/mol. The van der Waals surface area contributed by atoms with Crippen LogP contribution in [0.2, 0.25) is 0 Å². The van der Waals surface area contributed by atoms with Crippen molar-refractivity contribution in [2.75, 3.05) is 19.9 Å². The van der Waals surface area contributed by atoms with Crippen LogP contribution in [0.25, 0.3) is 0 Å². The van der Waals surface area contributed by atoms with Gasteiger partial charge in [-0.15, -0.1) is 12.4 Å². The molecule has 0 N–H and O–H groups in total. The summed E-state index contributed by atoms with van der Waals surface area (Å²) < 4.78 is 12.0. The number of fused-ring (bicyclic) bond motifs is 2. The van der Waals surface area contributed by atoms with Crippen LogP contribution in [0.4, 0.5) is 0 Å². The third kappa shape index (κ3) is 3.42. The van der Waals surface area contributed by atoms with Crippen molar-refractivity contribution < 1.29 is 9.47 Å². The Bertz CT molecular complexity index is 795. The first-order valence-electron chi connectivity index (χ1n) is 9.92. The lowest BCUT2D eigenvalue weighted by atomic mass is 9.82. The predicted molar refractivity (Wildman–Crippen MR) is 109 cm³/mol. The molecule has 4 atom stereocenters. The van der Waals surface area contributed by atoms with Gasteiger partial charge in [-0.05, 0) is 54.4 Å². The molecule has 0 spiro atoms. The highest BCUT2D eigenvalue weighted by atomic mass is 35.5. The van der Waals surface area contributed by atoms with Crippen molar-refractivity contribution in [1.29, 1.82) is 0 Å². The number of likely N-dealkylation sites (tertiary alicyclic amines) is 1. The van der Waals surface area contributed by atoms with E-state index in [4.69, 9.17) is 9.47 Å². The van der Waals surface area contributed by atoms with Gasteiger partial charge in [-0.2, -0.15) is 0 Å². The van der Waals surface area contributed by atoms with Gasteiger partial charge in [-0.3, -0.25) is 4.90 Å². The van der Waals surface area contributed by atoms with Crippen LogP contribution < -0.4 is 0 Å². The maximum Gasteiger partial charge on any atom is 0.149 e. The monoisotopic (exact) mass is 385 g/mol. The Kier molecular flexibility index (Phi) is 5.56. The minimum atomic E-state index is 0. The van der Waals surface area contributed by atoms with Gasteiger partial charge in [0.1, 0.15) is 19.1 Å². The SMILES string of the molecule is Cc1ccccc1C1CN(CC2CCCc3ccccc32)C2OCOC12.Cl. The van der Waals surface area contributed by atoms with E-state index < -0.39 is 0 Å². The van der Waals surface area contributed by atoms with Crippen LogP contribution in [0.5, 0.6) is 0 Å². The van der Waals surface area contributed by atoms with E-state index in [1.807, 2.05) is 0 Å². The van der Waals surface area contributed by atoms with Crippen LogP contribution in [-0.2, 0) is 15.9 Å². The molecule has 4 heteroatoms. The van der Waals surface area contributed by atoms with E-state index in [0.29, 0.717) is 18.6 Å². The van der Waals surface area contributed by atoms with Crippen molar-refractivity contribution in [3.05, 3.63) is 70.8 Å². The van der Waals surface area contributed by atoms with Crippen LogP contribution in [0.15, 0.2) is 48.5 Å². The summed E-state index contributed by atoms with van der Waals surface area (Å²) in [5.74, 6) is 1.02. The van der Waals surface area contributed by atoms with E-state index in [9.17, 15) is 0 Å². The summed E-state index contributed by atoms with van der Waals surface area (Å²) in [6, 6.07) is 17.7. The number of hydrogen-bond acceptors (Lipinski definition) is 3. The number of ether oxygens (including phenoxy) is 2. The molecule has 2 fully saturated rings. The van der Waals surface area contributed by atoms with E-state index in [1.165, 1.54) is 30.4 Å². The second-order valence-electron chi connectivity index (χ2n) is 8.01. The zero-order chi connectivity index (χ0) is 17.5. The number of aryl methyl sites for hydroxylation is 2. The first-order valence-corrected chi connectivity index (χ1v) is 9.92. The summed E-state index contributed by atoms with van der Waals surface area (Å²) in [5, 5.41) is 0. The zero-order valence-electron chi connectivity index (χ0n) is 15.8. The highest BCUT2D eigenvalue weighted by Crippen LogP contribution is 2.41. The number of halogens is 1. The number of rotatable bonds is 3. The van der Waals surface area contributed by atoms with Gasteiger partial charge in [0, 0.05) is 19.0 Å². The predicted octanol–water partition coefficient (Wildman–Crippen LogP) is 4.64. The maximum atomic E-state index is 6.02. The van der Waals surface area contributed by atoms with Gasteiger partial charge in [0.05, 0.1) is 0 Å². The molecule has 3 nitrogen and oxygen atoms in total. The second kappa shape index (κ2) is 7.92. The average molecular weight is 386 g/mol. The largest absolute Gasteiger partial charge is 0.347 e. The fourth-order valence-corrected chi connectivity index (χ4v) is 5.24. The molecule has 0 bridgehead atoms. The average Bonchev–Trinajstić information content (AvgIpc) is 3.27. The lowest BCUT2D eigenvalue weighted by Crippen LogP contribution is -2.37. The molecule has 1 aliphatic carbocycles. The number of nitrogens with zero attached hydrogens (tertiary/aromatic N) is 1. The fraction of sp³-hybridized carbons (Fsp3) is 0.478. The molecule has 3 aliphatic rings. The van der Waals surface area contributed by atoms with Crippen molar-refractivity contribution in [1.82, 2.24) is 4.90 Å². The highest BCUT2D eigenvalue weighted by molar-refractivity contribution is 5.85. The van der Waals surface area contributed by atoms with Crippen molar-refractivity contribution >= 4 is 12.4 Å². The maximum absolute atomic E-state index is 6.02. The Morgan fingerprint density at radius 1 is 1.00 bits per heavy atom. The lowest BCUT2D eigenvalue weighted by Gasteiger charge is -2.31. The molecule has 144 valence electrons. The number of benzene rings is 2. The third-order valence-corrected chi connectivity index (χ3v) is 6.50. The van der Waals surface area contributed by atoms with Gasteiger partial charge in [-0.25, -0.2) is 0 Å². The Morgan fingerprint density at radius 2 is 1.78 bits per heavy atom. The Hall–Kier alpha value is -1.39. The summed E-state index contributed by atoms with van der Waals surface area (Å²) in [6.45, 7) is 4.73. The molecule has 2 heterocycles. The van der Waals surface area contributed by atoms with Crippen LogP contribution in [0.3, 0.4) is 0 Å². The topological polar surface area (TPSA) is 21.7 Å². The molecule has 2 aromatic carbocycles. The molecule has 2 saturated heterocycles. The minimum absolute atomic E-state index is 0. The molecule has 2 aliphatic heterocycles. The molecular formula is C23H28ClNO2. The van der Waals surface area contributed by atoms with E-state index in [2.05, 4.69) is 60.4 Å². The normalized spacial score (nSPS) is 29.8. The van der Waals surface area contributed by atoms with E-state index in [0.717, 1.165) is 13.1 Å². The van der Waals surface area contributed by atoms with Gasteiger partial charge < -0.3 is 9.47 Å². The third-order valence-electron chi connectivity index (χ3n) is 6.50. The van der Waals surface area contributed by atoms with Crippen LogP contribution in [0.1, 0.15) is 46.9 Å². The Balaban J connectivity index is 0.00000180. The Morgan fingerprint density at radius 3 is 2.63 bits per heavy atom. The number of hydrogen-bond donors (Lipinski definition) is 0. The smallest absolute Gasteiger partial charge is 0.149 e. The summed E-state index contributed by atoms with van der Waals surface area (Å²) in [4.78, 5) is 2.54. The first-order chi connectivity index (χ1) is 12.8. The summed E-state index contributed by atoms with van der Waals surface area (Å²) in [7, 11) is 0. The van der Waals surface area contributed by atoms with Crippen molar-refractivity contribution in [3.8, 4) is 0 Å². The van der Waals surface area contributed by atoms with Gasteiger partial charge in [0.15, 0.2) is 0 Å². The molecule has 0 amide bonds. The van der Waals surface area contributed by atoms with E-state index >= 15 is 0 Å². The van der Waals surface area contributed by atoms with Gasteiger partial charge in [0.25, 0.3) is 0 Å². The minimum Gasteiger partial charge on any atom is -0.347 e. The molecule has 27 heavy (non-hydrogen) atoms. The van der Waals surface area contributed by atoms with Crippen LogP contribution in [0, 0.1) is 6.92 Å². The van der Waals surface area contributed by atoms with E-state index in [1.54, 1.807) is 11.1 Å². The van der Waals surface area contributed by atoms with E-state index in [-0.39, 0.29) is 24.7 Å². The Labute approximate surface area is 168 Å². The molecule has 0 radical (unpaired) electrons. The van der Waals surface area contributed by atoms with Crippen molar-refractivity contribution in [3.63, 3.8) is 0 Å². The van der Waals surface area contributed by atoms with Crippen molar-refractivity contribution in [2.24, 2.45) is 0 Å². The summed E-state index contributed by atoms with van der Waals surface area (Å²) in [5.41, 5.74) is 5.86. The quantitative estimate of drug-likeness (QED) is 0.768. The summed E-state index contributed by atoms with van der Waals surface area (Å²) in [6.07, 6.45) is 4.07. The summed E-state index contributed by atoms with van der Waals surface area (Å²) >= 11 is 0. The highest BCUT2D eigenvalue weighted by Gasteiger charge is 2.48.